The summed E-state index contributed by atoms with van der Waals surface area (Å²) in [5, 5.41) is 3.01. The Hall–Kier alpha value is -3.38. The minimum atomic E-state index is -0.550. The monoisotopic (exact) mass is 433 g/mol. The molecular formula is C24H20ClN3O3. The summed E-state index contributed by atoms with van der Waals surface area (Å²) in [6.45, 7) is 1.96. The summed E-state index contributed by atoms with van der Waals surface area (Å²) in [6, 6.07) is 13.8. The molecule has 0 radical (unpaired) electrons. The van der Waals surface area contributed by atoms with Crippen LogP contribution in [0.15, 0.2) is 63.8 Å². The molecule has 2 heterocycles. The average molecular weight is 434 g/mol. The van der Waals surface area contributed by atoms with E-state index in [2.05, 4.69) is 21.4 Å². The topological polar surface area (TPSA) is 94.8 Å². The highest BCUT2D eigenvalue weighted by molar-refractivity contribution is 6.18. The Labute approximate surface area is 183 Å². The number of rotatable bonds is 4. The summed E-state index contributed by atoms with van der Waals surface area (Å²) in [5.74, 6) is -0.181. The fourth-order valence-corrected chi connectivity index (χ4v) is 5.13. The second kappa shape index (κ2) is 7.39. The van der Waals surface area contributed by atoms with Crippen molar-refractivity contribution in [3.63, 3.8) is 0 Å². The number of fused-ring (bicyclic) bond motifs is 2. The minimum absolute atomic E-state index is 0.0613. The Morgan fingerprint density at radius 1 is 0.968 bits per heavy atom. The lowest BCUT2D eigenvalue weighted by molar-refractivity contribution is -0.117. The number of alkyl halides is 1. The number of amides is 1. The first kappa shape index (κ1) is 19.6. The predicted molar refractivity (Wildman–Crippen MR) is 121 cm³/mol. The lowest BCUT2D eigenvalue weighted by Gasteiger charge is -2.21. The van der Waals surface area contributed by atoms with Gasteiger partial charge in [-0.3, -0.25) is 14.6 Å². The number of carbonyl (C=O) groups is 1. The van der Waals surface area contributed by atoms with Crippen molar-refractivity contribution in [2.45, 2.75) is 25.2 Å². The first-order valence-electron chi connectivity index (χ1n) is 10.1. The van der Waals surface area contributed by atoms with Crippen LogP contribution in [0.2, 0.25) is 0 Å². The molecule has 0 bridgehead atoms. The highest BCUT2D eigenvalue weighted by Gasteiger charge is 2.43. The molecule has 0 saturated carbocycles. The summed E-state index contributed by atoms with van der Waals surface area (Å²) in [7, 11) is 0. The molecule has 2 aliphatic rings. The number of halogens is 1. The lowest BCUT2D eigenvalue weighted by atomic mass is 9.80. The van der Waals surface area contributed by atoms with Gasteiger partial charge >= 0.3 is 5.69 Å². The number of aromatic nitrogens is 2. The quantitative estimate of drug-likeness (QED) is 0.549. The van der Waals surface area contributed by atoms with Crippen molar-refractivity contribution in [3.05, 3.63) is 103 Å². The Kier molecular flexibility index (Phi) is 4.67. The molecule has 6 nitrogen and oxygen atoms in total. The van der Waals surface area contributed by atoms with E-state index in [4.69, 9.17) is 11.6 Å². The van der Waals surface area contributed by atoms with Crippen molar-refractivity contribution in [1.29, 1.82) is 0 Å². The number of carbonyl (C=O) groups excluding carboxylic acids is 1. The van der Waals surface area contributed by atoms with Crippen LogP contribution in [0.4, 0.5) is 5.69 Å². The summed E-state index contributed by atoms with van der Waals surface area (Å²) in [6.07, 6.45) is 2.17. The van der Waals surface area contributed by atoms with Crippen molar-refractivity contribution in [3.8, 4) is 0 Å². The number of aryl methyl sites for hydroxylation is 1. The normalized spacial score (nSPS) is 19.4. The van der Waals surface area contributed by atoms with Crippen molar-refractivity contribution in [1.82, 2.24) is 9.97 Å². The Morgan fingerprint density at radius 3 is 2.55 bits per heavy atom. The second-order valence-electron chi connectivity index (χ2n) is 7.94. The molecule has 2 atom stereocenters. The van der Waals surface area contributed by atoms with Gasteiger partial charge in [-0.2, -0.15) is 0 Å². The van der Waals surface area contributed by atoms with E-state index < -0.39 is 17.2 Å². The molecule has 156 valence electrons. The van der Waals surface area contributed by atoms with Gasteiger partial charge in [0.25, 0.3) is 5.56 Å². The van der Waals surface area contributed by atoms with Gasteiger partial charge in [-0.1, -0.05) is 42.0 Å². The molecular weight excluding hydrogens is 414 g/mol. The Balaban J connectivity index is 1.71. The third-order valence-electron chi connectivity index (χ3n) is 6.22. The molecule has 1 amide bonds. The highest BCUT2D eigenvalue weighted by Crippen LogP contribution is 2.53. The standard InChI is InChI=1S/C24H20ClN3O3/c1-12-19(17-11-26-24(31)28-22(17)29)14-4-2-3-5-15(14)20(12)21-16-10-13(8-9-25)6-7-18(16)27-23(21)30/h2-7,10-11,20-21H,8-9H2,1H3,(H,27,30)(H2,26,28,29,31). The van der Waals surface area contributed by atoms with Gasteiger partial charge in [0.1, 0.15) is 0 Å². The fourth-order valence-electron chi connectivity index (χ4n) is 4.91. The summed E-state index contributed by atoms with van der Waals surface area (Å²) >= 11 is 5.93. The number of H-pyrrole nitrogens is 2. The maximum atomic E-state index is 13.1. The number of hydrogen-bond donors (Lipinski definition) is 3. The van der Waals surface area contributed by atoms with E-state index in [0.717, 1.165) is 45.5 Å². The smallest absolute Gasteiger partial charge is 0.325 e. The maximum absolute atomic E-state index is 13.1. The number of anilines is 1. The molecule has 0 spiro atoms. The number of aromatic amines is 2. The van der Waals surface area contributed by atoms with Crippen LogP contribution in [0, 0.1) is 0 Å². The molecule has 7 heteroatoms. The van der Waals surface area contributed by atoms with Gasteiger partial charge in [0.15, 0.2) is 0 Å². The summed E-state index contributed by atoms with van der Waals surface area (Å²) in [5.41, 5.74) is 5.82. The first-order chi connectivity index (χ1) is 15.0. The third kappa shape index (κ3) is 3.06. The molecule has 31 heavy (non-hydrogen) atoms. The molecule has 1 aliphatic heterocycles. The van der Waals surface area contributed by atoms with E-state index in [1.54, 1.807) is 0 Å². The van der Waals surface area contributed by atoms with Gasteiger partial charge in [0.05, 0.1) is 11.5 Å². The zero-order chi connectivity index (χ0) is 21.7. The van der Waals surface area contributed by atoms with Crippen LogP contribution in [-0.2, 0) is 11.2 Å². The molecule has 2 aromatic carbocycles. The molecule has 5 rings (SSSR count). The van der Waals surface area contributed by atoms with E-state index in [1.807, 2.05) is 43.3 Å². The lowest BCUT2D eigenvalue weighted by Crippen LogP contribution is -2.24. The van der Waals surface area contributed by atoms with Crippen LogP contribution in [0.3, 0.4) is 0 Å². The molecule has 3 N–H and O–H groups in total. The van der Waals surface area contributed by atoms with E-state index >= 15 is 0 Å². The number of allylic oxidation sites excluding steroid dienone is 1. The molecule has 2 unspecified atom stereocenters. The van der Waals surface area contributed by atoms with Crippen molar-refractivity contribution in [2.75, 3.05) is 11.2 Å². The Bertz CT molecular complexity index is 1370. The van der Waals surface area contributed by atoms with Gasteiger partial charge in [0, 0.05) is 23.7 Å². The minimum Gasteiger partial charge on any atom is -0.325 e. The van der Waals surface area contributed by atoms with Crippen LogP contribution in [0.5, 0.6) is 0 Å². The van der Waals surface area contributed by atoms with E-state index in [9.17, 15) is 14.4 Å². The summed E-state index contributed by atoms with van der Waals surface area (Å²) < 4.78 is 0. The van der Waals surface area contributed by atoms with E-state index in [0.29, 0.717) is 11.4 Å². The number of hydrogen-bond acceptors (Lipinski definition) is 3. The molecule has 1 aromatic heterocycles. The van der Waals surface area contributed by atoms with Crippen LogP contribution >= 0.6 is 11.6 Å². The third-order valence-corrected chi connectivity index (χ3v) is 6.41. The Morgan fingerprint density at radius 2 is 1.77 bits per heavy atom. The van der Waals surface area contributed by atoms with E-state index in [-0.39, 0.29) is 11.8 Å². The summed E-state index contributed by atoms with van der Waals surface area (Å²) in [4.78, 5) is 42.1. The van der Waals surface area contributed by atoms with Crippen molar-refractivity contribution >= 4 is 28.8 Å². The maximum Gasteiger partial charge on any atom is 0.325 e. The first-order valence-corrected chi connectivity index (χ1v) is 10.6. The fraction of sp³-hybridized carbons (Fsp3) is 0.208. The zero-order valence-corrected chi connectivity index (χ0v) is 17.5. The number of benzene rings is 2. The van der Waals surface area contributed by atoms with Crippen LogP contribution < -0.4 is 16.6 Å². The second-order valence-corrected chi connectivity index (χ2v) is 8.31. The molecule has 1 aliphatic carbocycles. The van der Waals surface area contributed by atoms with Gasteiger partial charge < -0.3 is 10.3 Å². The average Bonchev–Trinajstić information content (AvgIpc) is 3.21. The molecule has 0 saturated heterocycles. The predicted octanol–water partition coefficient (Wildman–Crippen LogP) is 3.50. The molecule has 3 aromatic rings. The van der Waals surface area contributed by atoms with E-state index in [1.165, 1.54) is 6.20 Å². The number of nitrogens with one attached hydrogen (secondary N) is 3. The van der Waals surface area contributed by atoms with Crippen LogP contribution in [-0.4, -0.2) is 21.8 Å². The molecule has 0 fully saturated rings. The van der Waals surface area contributed by atoms with Crippen LogP contribution in [0.1, 0.15) is 46.6 Å². The van der Waals surface area contributed by atoms with Gasteiger partial charge in [-0.25, -0.2) is 4.79 Å². The van der Waals surface area contributed by atoms with Gasteiger partial charge in [0.2, 0.25) is 5.91 Å². The van der Waals surface area contributed by atoms with Gasteiger partial charge in [-0.05, 0) is 47.2 Å². The highest BCUT2D eigenvalue weighted by atomic mass is 35.5. The SMILES string of the molecule is CC1=C(c2c[nH]c(=O)[nH]c2=O)c2ccccc2C1C1C(=O)Nc2ccc(CCCl)cc21. The van der Waals surface area contributed by atoms with Crippen molar-refractivity contribution in [2.24, 2.45) is 0 Å². The van der Waals surface area contributed by atoms with Crippen LogP contribution in [0.25, 0.3) is 5.57 Å². The zero-order valence-electron chi connectivity index (χ0n) is 16.8. The van der Waals surface area contributed by atoms with Gasteiger partial charge in [-0.15, -0.1) is 11.6 Å². The van der Waals surface area contributed by atoms with Crippen molar-refractivity contribution < 1.29 is 4.79 Å². The largest absolute Gasteiger partial charge is 0.325 e.